The molecule has 10 nitrogen and oxygen atoms in total. The molecule has 1 saturated carbocycles. The number of fused-ring (bicyclic) bond motifs is 2. The Hall–Kier alpha value is -4.86. The minimum absolute atomic E-state index is 0.0587. The molecule has 0 spiro atoms. The Balaban J connectivity index is 1.26. The lowest BCUT2D eigenvalue weighted by Gasteiger charge is -2.24. The van der Waals surface area contributed by atoms with Crippen LogP contribution in [0.25, 0.3) is 50.4 Å². The fraction of sp³-hybridized carbons (Fsp3) is 0.185. The summed E-state index contributed by atoms with van der Waals surface area (Å²) in [5, 5.41) is 11.6. The second kappa shape index (κ2) is 8.37. The van der Waals surface area contributed by atoms with Gasteiger partial charge in [0.1, 0.15) is 16.9 Å². The van der Waals surface area contributed by atoms with Gasteiger partial charge in [0, 0.05) is 35.5 Å². The van der Waals surface area contributed by atoms with Crippen molar-refractivity contribution in [1.82, 2.24) is 39.7 Å². The van der Waals surface area contributed by atoms with E-state index in [9.17, 15) is 4.79 Å². The fourth-order valence-corrected chi connectivity index (χ4v) is 4.73. The maximum atomic E-state index is 12.4. The van der Waals surface area contributed by atoms with Crippen LogP contribution >= 0.6 is 0 Å². The van der Waals surface area contributed by atoms with Gasteiger partial charge in [-0.3, -0.25) is 14.9 Å². The van der Waals surface area contributed by atoms with Crippen LogP contribution < -0.4 is 5.32 Å². The van der Waals surface area contributed by atoms with Gasteiger partial charge in [-0.1, -0.05) is 6.42 Å². The number of aromatic amines is 2. The topological polar surface area (TPSA) is 130 Å². The zero-order chi connectivity index (χ0) is 24.9. The molecule has 7 rings (SSSR count). The average Bonchev–Trinajstić information content (AvgIpc) is 3.60. The van der Waals surface area contributed by atoms with E-state index >= 15 is 0 Å². The molecule has 1 aliphatic carbocycles. The van der Waals surface area contributed by atoms with Gasteiger partial charge in [-0.2, -0.15) is 5.10 Å². The van der Waals surface area contributed by atoms with Gasteiger partial charge in [0.05, 0.1) is 46.5 Å². The second-order valence-electron chi connectivity index (χ2n) is 9.44. The Bertz CT molecular complexity index is 1790. The van der Waals surface area contributed by atoms with Crippen molar-refractivity contribution in [3.8, 4) is 28.3 Å². The SMILES string of the molecule is Cc1cn(-c2ccnc3[nH]c(-c4n[nH]c5ccc(-c6cncc(NC(=O)C7CCC7)c6)nc45)cc23)cn1. The number of aryl methyl sites for hydroxylation is 1. The molecule has 1 amide bonds. The maximum Gasteiger partial charge on any atom is 0.227 e. The van der Waals surface area contributed by atoms with Crippen LogP contribution in [-0.2, 0) is 4.79 Å². The summed E-state index contributed by atoms with van der Waals surface area (Å²) >= 11 is 0. The van der Waals surface area contributed by atoms with Gasteiger partial charge in [0.2, 0.25) is 5.91 Å². The van der Waals surface area contributed by atoms with E-state index in [1.807, 2.05) is 48.0 Å². The van der Waals surface area contributed by atoms with Crippen molar-refractivity contribution in [2.24, 2.45) is 5.92 Å². The van der Waals surface area contributed by atoms with Gasteiger partial charge in [-0.05, 0) is 50.1 Å². The van der Waals surface area contributed by atoms with Crippen molar-refractivity contribution in [2.75, 3.05) is 5.32 Å². The number of nitrogens with one attached hydrogen (secondary N) is 3. The molecular weight excluding hydrogens is 466 g/mol. The molecule has 0 atom stereocenters. The Morgan fingerprint density at radius 2 is 2.05 bits per heavy atom. The number of carbonyl (C=O) groups excluding carboxylic acids is 1. The third-order valence-corrected chi connectivity index (χ3v) is 6.94. The van der Waals surface area contributed by atoms with Crippen LogP contribution in [-0.4, -0.2) is 45.6 Å². The molecule has 1 aliphatic rings. The quantitative estimate of drug-likeness (QED) is 0.319. The summed E-state index contributed by atoms with van der Waals surface area (Å²) in [5.41, 5.74) is 7.96. The number of hydrogen-bond donors (Lipinski definition) is 3. The van der Waals surface area contributed by atoms with Crippen LogP contribution in [0.5, 0.6) is 0 Å². The zero-order valence-electron chi connectivity index (χ0n) is 20.1. The smallest absolute Gasteiger partial charge is 0.227 e. The lowest BCUT2D eigenvalue weighted by molar-refractivity contribution is -0.122. The second-order valence-corrected chi connectivity index (χ2v) is 9.44. The fourth-order valence-electron chi connectivity index (χ4n) is 4.73. The number of amides is 1. The van der Waals surface area contributed by atoms with E-state index in [1.165, 1.54) is 0 Å². The molecule has 0 radical (unpaired) electrons. The van der Waals surface area contributed by atoms with Crippen molar-refractivity contribution in [2.45, 2.75) is 26.2 Å². The van der Waals surface area contributed by atoms with Gasteiger partial charge in [0.25, 0.3) is 0 Å². The molecule has 3 N–H and O–H groups in total. The molecule has 0 aliphatic heterocycles. The predicted octanol–water partition coefficient (Wildman–Crippen LogP) is 4.80. The number of carbonyl (C=O) groups is 1. The van der Waals surface area contributed by atoms with Gasteiger partial charge < -0.3 is 14.9 Å². The van der Waals surface area contributed by atoms with E-state index in [4.69, 9.17) is 4.98 Å². The molecule has 1 fully saturated rings. The molecule has 0 unspecified atom stereocenters. The highest BCUT2D eigenvalue weighted by atomic mass is 16.1. The standard InChI is InChI=1S/C27H23N9O/c1-15-13-36(14-30-15)23-7-8-29-26-19(23)10-22(33-26)25-24-21(34-35-25)6-5-20(32-24)17-9-18(12-28-11-17)31-27(37)16-3-2-4-16/h5-14,16H,2-4H2,1H3,(H,29,33)(H,31,37)(H,34,35). The minimum Gasteiger partial charge on any atom is -0.338 e. The molecule has 6 aromatic heterocycles. The van der Waals surface area contributed by atoms with E-state index < -0.39 is 0 Å². The summed E-state index contributed by atoms with van der Waals surface area (Å²) in [6, 6.07) is 9.78. The highest BCUT2D eigenvalue weighted by molar-refractivity contribution is 5.96. The number of hydrogen-bond acceptors (Lipinski definition) is 6. The number of anilines is 1. The molecule has 0 aromatic carbocycles. The average molecular weight is 490 g/mol. The summed E-state index contributed by atoms with van der Waals surface area (Å²) in [5.74, 6) is 0.166. The third kappa shape index (κ3) is 3.74. The highest BCUT2D eigenvalue weighted by Gasteiger charge is 2.25. The molecule has 6 heterocycles. The van der Waals surface area contributed by atoms with Crippen LogP contribution in [0.1, 0.15) is 25.0 Å². The first-order chi connectivity index (χ1) is 18.1. The molecule has 6 aromatic rings. The van der Waals surface area contributed by atoms with Crippen LogP contribution in [0, 0.1) is 12.8 Å². The maximum absolute atomic E-state index is 12.4. The number of H-pyrrole nitrogens is 2. The van der Waals surface area contributed by atoms with Crippen molar-refractivity contribution < 1.29 is 4.79 Å². The first-order valence-electron chi connectivity index (χ1n) is 12.2. The normalized spacial score (nSPS) is 13.8. The molecule has 0 saturated heterocycles. The van der Waals surface area contributed by atoms with Crippen molar-refractivity contribution in [3.05, 3.63) is 67.1 Å². The zero-order valence-corrected chi connectivity index (χ0v) is 20.1. The van der Waals surface area contributed by atoms with Crippen LogP contribution in [0.2, 0.25) is 0 Å². The first-order valence-corrected chi connectivity index (χ1v) is 12.2. The number of rotatable bonds is 5. The van der Waals surface area contributed by atoms with E-state index in [2.05, 4.69) is 35.5 Å². The predicted molar refractivity (Wildman–Crippen MR) is 140 cm³/mol. The van der Waals surface area contributed by atoms with Crippen LogP contribution in [0.3, 0.4) is 0 Å². The minimum atomic E-state index is 0.0587. The summed E-state index contributed by atoms with van der Waals surface area (Å²) in [6.07, 6.45) is 12.0. The monoisotopic (exact) mass is 489 g/mol. The Morgan fingerprint density at radius 3 is 2.86 bits per heavy atom. The summed E-state index contributed by atoms with van der Waals surface area (Å²) in [6.45, 7) is 1.96. The van der Waals surface area contributed by atoms with Crippen molar-refractivity contribution in [3.63, 3.8) is 0 Å². The van der Waals surface area contributed by atoms with Crippen LogP contribution in [0.4, 0.5) is 5.69 Å². The van der Waals surface area contributed by atoms with E-state index in [1.54, 1.807) is 24.9 Å². The van der Waals surface area contributed by atoms with Crippen molar-refractivity contribution >= 4 is 33.7 Å². The Morgan fingerprint density at radius 1 is 1.14 bits per heavy atom. The van der Waals surface area contributed by atoms with Gasteiger partial charge in [-0.15, -0.1) is 0 Å². The summed E-state index contributed by atoms with van der Waals surface area (Å²) in [4.78, 5) is 33.9. The van der Waals surface area contributed by atoms with Gasteiger partial charge in [-0.25, -0.2) is 15.0 Å². The molecule has 10 heteroatoms. The summed E-state index contributed by atoms with van der Waals surface area (Å²) in [7, 11) is 0. The van der Waals surface area contributed by atoms with Gasteiger partial charge >= 0.3 is 0 Å². The molecule has 0 bridgehead atoms. The van der Waals surface area contributed by atoms with E-state index in [-0.39, 0.29) is 11.8 Å². The van der Waals surface area contributed by atoms with Gasteiger partial charge in [0.15, 0.2) is 0 Å². The summed E-state index contributed by atoms with van der Waals surface area (Å²) < 4.78 is 1.99. The molecule has 37 heavy (non-hydrogen) atoms. The van der Waals surface area contributed by atoms with Crippen molar-refractivity contribution in [1.29, 1.82) is 0 Å². The lowest BCUT2D eigenvalue weighted by atomic mass is 9.85. The largest absolute Gasteiger partial charge is 0.338 e. The Kier molecular flexibility index (Phi) is 4.85. The molecular formula is C27H23N9O. The third-order valence-electron chi connectivity index (χ3n) is 6.94. The Labute approximate surface area is 211 Å². The van der Waals surface area contributed by atoms with E-state index in [0.717, 1.165) is 69.7 Å². The first kappa shape index (κ1) is 21.4. The lowest BCUT2D eigenvalue weighted by Crippen LogP contribution is -2.28. The highest BCUT2D eigenvalue weighted by Crippen LogP contribution is 2.32. The number of nitrogens with zero attached hydrogens (tertiary/aromatic N) is 6. The van der Waals surface area contributed by atoms with Crippen LogP contribution in [0.15, 0.2) is 61.4 Å². The number of pyridine rings is 3. The number of aromatic nitrogens is 8. The molecule has 182 valence electrons. The number of imidazole rings is 1. The van der Waals surface area contributed by atoms with E-state index in [0.29, 0.717) is 11.4 Å².